The Hall–Kier alpha value is -1.75. The number of ketones is 1. The Morgan fingerprint density at radius 3 is 2.32 bits per heavy atom. The van der Waals surface area contributed by atoms with Crippen molar-refractivity contribution >= 4 is 33.8 Å². The van der Waals surface area contributed by atoms with Gasteiger partial charge in [-0.1, -0.05) is 84.1 Å². The molecule has 4 atom stereocenters. The number of para-hydroxylation sites is 1. The lowest BCUT2D eigenvalue weighted by Crippen LogP contribution is -2.56. The average molecular weight is 602 g/mol. The summed E-state index contributed by atoms with van der Waals surface area (Å²) in [6.45, 7) is 24.9. The van der Waals surface area contributed by atoms with Crippen LogP contribution in [0, 0.1) is 11.3 Å². The van der Waals surface area contributed by atoms with Crippen molar-refractivity contribution < 1.29 is 23.5 Å². The minimum Gasteiger partial charge on any atom is -0.468 e. The molecule has 0 spiro atoms. The molecule has 41 heavy (non-hydrogen) atoms. The van der Waals surface area contributed by atoms with Gasteiger partial charge in [-0.15, -0.1) is 0 Å². The summed E-state index contributed by atoms with van der Waals surface area (Å²) in [6, 6.07) is 9.25. The lowest BCUT2D eigenvalue weighted by molar-refractivity contribution is -0.155. The van der Waals surface area contributed by atoms with Crippen LogP contribution in [-0.2, 0) is 29.1 Å². The second kappa shape index (κ2) is 12.1. The highest BCUT2D eigenvalue weighted by atomic mass is 28.4. The van der Waals surface area contributed by atoms with E-state index in [1.807, 2.05) is 25.1 Å². The molecule has 2 heterocycles. The second-order valence-corrected chi connectivity index (χ2v) is 25.3. The lowest BCUT2D eigenvalue weighted by Gasteiger charge is -2.45. The zero-order valence-electron chi connectivity index (χ0n) is 27.8. The van der Waals surface area contributed by atoms with Gasteiger partial charge in [-0.05, 0) is 56.0 Å². The molecule has 1 saturated heterocycles. The highest BCUT2D eigenvalue weighted by Gasteiger charge is 2.61. The first-order valence-corrected chi connectivity index (χ1v) is 22.0. The van der Waals surface area contributed by atoms with Crippen molar-refractivity contribution in [2.75, 3.05) is 25.2 Å². The Labute approximate surface area is 251 Å². The molecule has 1 unspecified atom stereocenters. The Bertz CT molecular complexity index is 1150. The summed E-state index contributed by atoms with van der Waals surface area (Å²) in [5.74, 6) is -0.520. The zero-order chi connectivity index (χ0) is 31.0. The first-order chi connectivity index (χ1) is 18.9. The zero-order valence-corrected chi connectivity index (χ0v) is 29.8. The van der Waals surface area contributed by atoms with Gasteiger partial charge in [-0.25, -0.2) is 0 Å². The van der Waals surface area contributed by atoms with Gasteiger partial charge in [0.2, 0.25) is 0 Å². The number of esters is 1. The van der Waals surface area contributed by atoms with Gasteiger partial charge in [0.15, 0.2) is 20.3 Å². The summed E-state index contributed by atoms with van der Waals surface area (Å²) in [5, 5.41) is 0.0131. The van der Waals surface area contributed by atoms with E-state index in [4.69, 9.17) is 13.9 Å². The fraction of sp³-hybridized carbons (Fsp3) is 0.697. The van der Waals surface area contributed by atoms with E-state index < -0.39 is 39.6 Å². The highest BCUT2D eigenvalue weighted by molar-refractivity contribution is 6.76. The molecule has 3 rings (SSSR count). The third kappa shape index (κ3) is 6.46. The van der Waals surface area contributed by atoms with Gasteiger partial charge >= 0.3 is 5.97 Å². The van der Waals surface area contributed by atoms with Crippen molar-refractivity contribution in [1.82, 2.24) is 0 Å². The average Bonchev–Trinajstić information content (AvgIpc) is 3.38. The topological polar surface area (TPSA) is 65.1 Å². The molecule has 0 N–H and O–H groups in total. The molecule has 0 saturated carbocycles. The van der Waals surface area contributed by atoms with E-state index in [9.17, 15) is 9.59 Å². The number of benzene rings is 1. The van der Waals surface area contributed by atoms with E-state index in [0.29, 0.717) is 6.61 Å². The maximum atomic E-state index is 14.6. The van der Waals surface area contributed by atoms with Crippen LogP contribution >= 0.6 is 0 Å². The Morgan fingerprint density at radius 1 is 1.15 bits per heavy atom. The van der Waals surface area contributed by atoms with Gasteiger partial charge in [-0.3, -0.25) is 9.59 Å². The number of methoxy groups -OCH3 is 1. The number of carbonyl (C=O) groups is 2. The van der Waals surface area contributed by atoms with E-state index in [1.165, 1.54) is 7.11 Å². The number of allylic oxidation sites excluding steroid dienone is 2. The number of anilines is 1. The smallest absolute Gasteiger partial charge is 0.321 e. The predicted molar refractivity (Wildman–Crippen MR) is 174 cm³/mol. The number of ether oxygens (including phenoxy) is 2. The Kier molecular flexibility index (Phi) is 9.96. The SMILES string of the molecule is C/C=C(\C(=O)[C@](C)(CN1c2ccccc2[C@]2(O[Si](C)(C)C(C)(C)C)CCO[C@H]12)C(=O)OC)C(CCC)C[Si](C)(C)C. The fourth-order valence-electron chi connectivity index (χ4n) is 6.45. The number of rotatable bonds is 12. The summed E-state index contributed by atoms with van der Waals surface area (Å²) in [6.07, 6.45) is 4.16. The lowest BCUT2D eigenvalue weighted by atomic mass is 9.77. The van der Waals surface area contributed by atoms with E-state index in [1.54, 1.807) is 6.92 Å². The van der Waals surface area contributed by atoms with Gasteiger partial charge in [0.05, 0.1) is 13.7 Å². The number of fused-ring (bicyclic) bond motifs is 3. The molecule has 0 aromatic heterocycles. The maximum Gasteiger partial charge on any atom is 0.321 e. The molecule has 1 aromatic rings. The van der Waals surface area contributed by atoms with E-state index in [0.717, 1.165) is 42.1 Å². The normalized spacial score (nSPS) is 23.6. The summed E-state index contributed by atoms with van der Waals surface area (Å²) >= 11 is 0. The number of hydrogen-bond donors (Lipinski definition) is 0. The summed E-state index contributed by atoms with van der Waals surface area (Å²) in [7, 11) is -2.31. The van der Waals surface area contributed by atoms with Crippen LogP contribution < -0.4 is 4.90 Å². The first-order valence-electron chi connectivity index (χ1n) is 15.4. The second-order valence-electron chi connectivity index (χ2n) is 15.0. The van der Waals surface area contributed by atoms with Crippen LogP contribution in [0.5, 0.6) is 0 Å². The molecule has 230 valence electrons. The van der Waals surface area contributed by atoms with E-state index in [2.05, 4.69) is 77.5 Å². The van der Waals surface area contributed by atoms with Gasteiger partial charge in [0, 0.05) is 32.3 Å². The summed E-state index contributed by atoms with van der Waals surface area (Å²) < 4.78 is 19.1. The number of nitrogens with zero attached hydrogens (tertiary/aromatic N) is 1. The number of Topliss-reactive ketones (excluding diaryl/α,β-unsaturated/α-hetero) is 1. The summed E-state index contributed by atoms with van der Waals surface area (Å²) in [5.41, 5.74) is 0.750. The van der Waals surface area contributed by atoms with Crippen molar-refractivity contribution in [1.29, 1.82) is 0 Å². The third-order valence-electron chi connectivity index (χ3n) is 9.48. The fourth-order valence-corrected chi connectivity index (χ4v) is 9.88. The molecular formula is C33H55NO5Si2. The molecule has 0 radical (unpaired) electrons. The van der Waals surface area contributed by atoms with Gasteiger partial charge in [0.1, 0.15) is 11.0 Å². The molecule has 0 bridgehead atoms. The molecule has 1 aromatic carbocycles. The maximum absolute atomic E-state index is 14.6. The van der Waals surface area contributed by atoms with Crippen LogP contribution in [0.4, 0.5) is 5.69 Å². The van der Waals surface area contributed by atoms with Crippen LogP contribution in [0.2, 0.25) is 43.8 Å². The predicted octanol–water partition coefficient (Wildman–Crippen LogP) is 7.92. The minimum atomic E-state index is -2.21. The molecule has 2 aliphatic heterocycles. The Morgan fingerprint density at radius 2 is 1.78 bits per heavy atom. The molecular weight excluding hydrogens is 547 g/mol. The molecule has 8 heteroatoms. The van der Waals surface area contributed by atoms with Crippen LogP contribution in [0.25, 0.3) is 0 Å². The molecule has 0 amide bonds. The van der Waals surface area contributed by atoms with Crippen LogP contribution in [0.3, 0.4) is 0 Å². The highest BCUT2D eigenvalue weighted by Crippen LogP contribution is 2.56. The first kappa shape index (κ1) is 33.8. The Balaban J connectivity index is 2.10. The van der Waals surface area contributed by atoms with E-state index >= 15 is 0 Å². The molecule has 0 aliphatic carbocycles. The van der Waals surface area contributed by atoms with Crippen molar-refractivity contribution in [2.45, 2.75) is 116 Å². The van der Waals surface area contributed by atoms with Crippen LogP contribution in [0.15, 0.2) is 35.9 Å². The monoisotopic (exact) mass is 601 g/mol. The van der Waals surface area contributed by atoms with Gasteiger partial charge in [-0.2, -0.15) is 0 Å². The van der Waals surface area contributed by atoms with Crippen molar-refractivity contribution in [2.24, 2.45) is 11.3 Å². The minimum absolute atomic E-state index is 0.0131. The largest absolute Gasteiger partial charge is 0.468 e. The van der Waals surface area contributed by atoms with E-state index in [-0.39, 0.29) is 23.3 Å². The number of carbonyl (C=O) groups excluding carboxylic acids is 2. The molecule has 2 aliphatic rings. The standard InChI is InChI=1S/C33H55NO5Si2/c1-13-17-24(22-40(8,9)10)25(14-2)28(35)32(6,30(36)37-7)23-34-27-19-16-15-18-26(27)33(20-21-38-29(33)34)39-41(11,12)31(3,4)5/h14-16,18-19,24,29H,13,17,20-23H2,1-12H3/b25-14-/t24?,29-,32-,33+/m0/s1. The summed E-state index contributed by atoms with van der Waals surface area (Å²) in [4.78, 5) is 30.3. The van der Waals surface area contributed by atoms with Crippen molar-refractivity contribution in [3.63, 3.8) is 0 Å². The van der Waals surface area contributed by atoms with Crippen molar-refractivity contribution in [3.8, 4) is 0 Å². The van der Waals surface area contributed by atoms with Crippen LogP contribution in [-0.4, -0.2) is 54.6 Å². The molecule has 6 nitrogen and oxygen atoms in total. The van der Waals surface area contributed by atoms with Crippen molar-refractivity contribution in [3.05, 3.63) is 41.5 Å². The molecule has 1 fully saturated rings. The van der Waals surface area contributed by atoms with Gasteiger partial charge < -0.3 is 18.8 Å². The van der Waals surface area contributed by atoms with Crippen LogP contribution in [0.1, 0.15) is 66.4 Å². The third-order valence-corrected chi connectivity index (χ3v) is 15.7. The number of hydrogen-bond acceptors (Lipinski definition) is 6. The van der Waals surface area contributed by atoms with Gasteiger partial charge in [0.25, 0.3) is 0 Å². The quantitative estimate of drug-likeness (QED) is 0.105.